The Kier molecular flexibility index (Phi) is 6.70. The highest BCUT2D eigenvalue weighted by molar-refractivity contribution is 7.99. The number of anilines is 1. The monoisotopic (exact) mass is 491 g/mol. The maximum absolute atomic E-state index is 12.4. The number of carbonyl (C=O) groups is 1. The first-order valence-corrected chi connectivity index (χ1v) is 13.7. The number of thiophene rings is 1. The zero-order valence-corrected chi connectivity index (χ0v) is 20.3. The van der Waals surface area contributed by atoms with Crippen molar-refractivity contribution in [2.45, 2.75) is 42.7 Å². The predicted octanol–water partition coefficient (Wildman–Crippen LogP) is 3.44. The summed E-state index contributed by atoms with van der Waals surface area (Å²) in [7, 11) is -1.93. The molecule has 4 rings (SSSR count). The molecule has 8 nitrogen and oxygen atoms in total. The van der Waals surface area contributed by atoms with Gasteiger partial charge in [-0.25, -0.2) is 13.6 Å². The average Bonchev–Trinajstić information content (AvgIpc) is 3.34. The lowest BCUT2D eigenvalue weighted by atomic mass is 9.87. The Labute approximate surface area is 195 Å². The smallest absolute Gasteiger partial charge is 0.238 e. The standard InChI is InChI=1S/C21H25N5O3S3/c1-3-13-7-8-17-14(9-13)10-18(31-17)20-24-25-21(26(20)2)30-12-19(27)23-15-5-4-6-16(11-15)32(22,28)29/h4-6,10-11,13H,3,7-9,12H2,1-2H3,(H,23,27)(H2,22,28,29). The molecule has 1 aromatic carbocycles. The van der Waals surface area contributed by atoms with Crippen LogP contribution in [0.1, 0.15) is 30.2 Å². The number of thioether (sulfide) groups is 1. The molecule has 32 heavy (non-hydrogen) atoms. The molecule has 1 unspecified atom stereocenters. The van der Waals surface area contributed by atoms with Crippen LogP contribution in [0, 0.1) is 5.92 Å². The number of carbonyl (C=O) groups excluding carboxylic acids is 1. The topological polar surface area (TPSA) is 120 Å². The number of primary sulfonamides is 1. The second-order valence-corrected chi connectivity index (χ2v) is 11.5. The average molecular weight is 492 g/mol. The third-order valence-electron chi connectivity index (χ3n) is 5.60. The first-order valence-electron chi connectivity index (χ1n) is 10.3. The molecule has 0 fully saturated rings. The lowest BCUT2D eigenvalue weighted by molar-refractivity contribution is -0.113. The molecule has 1 aliphatic rings. The van der Waals surface area contributed by atoms with Gasteiger partial charge in [0.2, 0.25) is 15.9 Å². The van der Waals surface area contributed by atoms with Crippen LogP contribution in [0.4, 0.5) is 5.69 Å². The molecule has 0 aliphatic heterocycles. The molecule has 0 radical (unpaired) electrons. The number of hydrogen-bond acceptors (Lipinski definition) is 7. The van der Waals surface area contributed by atoms with E-state index in [1.54, 1.807) is 17.4 Å². The first-order chi connectivity index (χ1) is 15.2. The predicted molar refractivity (Wildman–Crippen MR) is 127 cm³/mol. The quantitative estimate of drug-likeness (QED) is 0.489. The Hall–Kier alpha value is -2.21. The molecule has 3 N–H and O–H groups in total. The largest absolute Gasteiger partial charge is 0.325 e. The summed E-state index contributed by atoms with van der Waals surface area (Å²) in [6.45, 7) is 2.25. The van der Waals surface area contributed by atoms with Gasteiger partial charge in [0, 0.05) is 17.6 Å². The van der Waals surface area contributed by atoms with Crippen LogP contribution in [-0.4, -0.2) is 34.8 Å². The second-order valence-electron chi connectivity index (χ2n) is 7.85. The van der Waals surface area contributed by atoms with Gasteiger partial charge in [0.15, 0.2) is 11.0 Å². The van der Waals surface area contributed by atoms with Crippen molar-refractivity contribution in [1.82, 2.24) is 14.8 Å². The minimum Gasteiger partial charge on any atom is -0.325 e. The number of sulfonamides is 1. The number of aryl methyl sites for hydroxylation is 1. The minimum absolute atomic E-state index is 0.0511. The maximum Gasteiger partial charge on any atom is 0.238 e. The Balaban J connectivity index is 1.41. The summed E-state index contributed by atoms with van der Waals surface area (Å²) < 4.78 is 24.9. The van der Waals surface area contributed by atoms with Gasteiger partial charge in [0.25, 0.3) is 0 Å². The number of aromatic nitrogens is 3. The lowest BCUT2D eigenvalue weighted by Crippen LogP contribution is -2.16. The van der Waals surface area contributed by atoms with Crippen molar-refractivity contribution in [1.29, 1.82) is 0 Å². The van der Waals surface area contributed by atoms with Crippen molar-refractivity contribution in [3.63, 3.8) is 0 Å². The number of hydrogen-bond donors (Lipinski definition) is 2. The van der Waals surface area contributed by atoms with Crippen molar-refractivity contribution in [3.8, 4) is 10.7 Å². The molecular formula is C21H25N5O3S3. The normalized spacial score (nSPS) is 16.0. The molecule has 170 valence electrons. The van der Waals surface area contributed by atoms with Gasteiger partial charge >= 0.3 is 0 Å². The fourth-order valence-electron chi connectivity index (χ4n) is 3.79. The highest BCUT2D eigenvalue weighted by Gasteiger charge is 2.22. The van der Waals surface area contributed by atoms with Crippen LogP contribution >= 0.6 is 23.1 Å². The number of fused-ring (bicyclic) bond motifs is 1. The summed E-state index contributed by atoms with van der Waals surface area (Å²) >= 11 is 3.06. The number of nitrogens with zero attached hydrogens (tertiary/aromatic N) is 3. The number of rotatable bonds is 7. The highest BCUT2D eigenvalue weighted by Crippen LogP contribution is 2.38. The van der Waals surface area contributed by atoms with E-state index in [1.807, 2.05) is 11.6 Å². The molecule has 0 saturated heterocycles. The molecule has 1 aliphatic carbocycles. The van der Waals surface area contributed by atoms with Gasteiger partial charge in [-0.1, -0.05) is 31.2 Å². The van der Waals surface area contributed by atoms with E-state index in [1.165, 1.54) is 53.2 Å². The SMILES string of the molecule is CCC1CCc2sc(-c3nnc(SCC(=O)Nc4cccc(S(N)(=O)=O)c4)n3C)cc2C1. The Morgan fingerprint density at radius 2 is 2.16 bits per heavy atom. The van der Waals surface area contributed by atoms with Crippen LogP contribution in [0.3, 0.4) is 0 Å². The molecule has 2 aromatic heterocycles. The summed E-state index contributed by atoms with van der Waals surface area (Å²) in [5, 5.41) is 17.1. The van der Waals surface area contributed by atoms with E-state index in [-0.39, 0.29) is 16.6 Å². The van der Waals surface area contributed by atoms with Gasteiger partial charge < -0.3 is 9.88 Å². The molecular weight excluding hydrogens is 466 g/mol. The van der Waals surface area contributed by atoms with Gasteiger partial charge in [0.1, 0.15) is 0 Å². The fraction of sp³-hybridized carbons (Fsp3) is 0.381. The van der Waals surface area contributed by atoms with E-state index in [0.717, 1.165) is 29.5 Å². The number of amides is 1. The zero-order valence-electron chi connectivity index (χ0n) is 17.9. The van der Waals surface area contributed by atoms with Gasteiger partial charge in [-0.15, -0.1) is 21.5 Å². The summed E-state index contributed by atoms with van der Waals surface area (Å²) in [4.78, 5) is 14.9. The van der Waals surface area contributed by atoms with Gasteiger partial charge in [0.05, 0.1) is 15.5 Å². The van der Waals surface area contributed by atoms with Crippen LogP contribution in [0.2, 0.25) is 0 Å². The zero-order chi connectivity index (χ0) is 22.9. The number of nitrogens with one attached hydrogen (secondary N) is 1. The van der Waals surface area contributed by atoms with Crippen LogP contribution in [0.5, 0.6) is 0 Å². The summed E-state index contributed by atoms with van der Waals surface area (Å²) in [6.07, 6.45) is 4.72. The number of benzene rings is 1. The van der Waals surface area contributed by atoms with Crippen molar-refractivity contribution in [2.75, 3.05) is 11.1 Å². The van der Waals surface area contributed by atoms with Crippen molar-refractivity contribution in [3.05, 3.63) is 40.8 Å². The lowest BCUT2D eigenvalue weighted by Gasteiger charge is -2.19. The Bertz CT molecular complexity index is 1250. The van der Waals surface area contributed by atoms with Crippen molar-refractivity contribution < 1.29 is 13.2 Å². The van der Waals surface area contributed by atoms with Crippen molar-refractivity contribution >= 4 is 44.7 Å². The third kappa shape index (κ3) is 5.06. The van der Waals surface area contributed by atoms with E-state index in [4.69, 9.17) is 5.14 Å². The summed E-state index contributed by atoms with van der Waals surface area (Å²) in [5.41, 5.74) is 1.80. The summed E-state index contributed by atoms with van der Waals surface area (Å²) in [6, 6.07) is 8.09. The molecule has 0 spiro atoms. The molecule has 0 bridgehead atoms. The first kappa shape index (κ1) is 23.0. The summed E-state index contributed by atoms with van der Waals surface area (Å²) in [5.74, 6) is 1.41. The highest BCUT2D eigenvalue weighted by atomic mass is 32.2. The van der Waals surface area contributed by atoms with Crippen LogP contribution in [0.25, 0.3) is 10.7 Å². The Morgan fingerprint density at radius 3 is 2.91 bits per heavy atom. The Morgan fingerprint density at radius 1 is 1.34 bits per heavy atom. The molecule has 0 saturated carbocycles. The van der Waals surface area contributed by atoms with Gasteiger partial charge in [-0.2, -0.15) is 0 Å². The van der Waals surface area contributed by atoms with E-state index < -0.39 is 10.0 Å². The molecule has 3 aromatic rings. The molecule has 11 heteroatoms. The second kappa shape index (κ2) is 9.34. The van der Waals surface area contributed by atoms with E-state index in [9.17, 15) is 13.2 Å². The molecule has 1 atom stereocenters. The van der Waals surface area contributed by atoms with E-state index >= 15 is 0 Å². The minimum atomic E-state index is -3.83. The third-order valence-corrected chi connectivity index (χ3v) is 8.76. The van der Waals surface area contributed by atoms with Crippen LogP contribution < -0.4 is 10.5 Å². The fourth-order valence-corrected chi connectivity index (χ4v) is 6.29. The van der Waals surface area contributed by atoms with Gasteiger partial charge in [-0.3, -0.25) is 4.79 Å². The van der Waals surface area contributed by atoms with E-state index in [0.29, 0.717) is 10.8 Å². The molecule has 2 heterocycles. The van der Waals surface area contributed by atoms with Crippen molar-refractivity contribution in [2.24, 2.45) is 18.1 Å². The molecule has 1 amide bonds. The van der Waals surface area contributed by atoms with E-state index in [2.05, 4.69) is 28.5 Å². The van der Waals surface area contributed by atoms with Crippen LogP contribution in [0.15, 0.2) is 40.4 Å². The van der Waals surface area contributed by atoms with Crippen LogP contribution in [-0.2, 0) is 34.7 Å². The maximum atomic E-state index is 12.4. The van der Waals surface area contributed by atoms with Gasteiger partial charge in [-0.05, 0) is 55.0 Å². The number of nitrogens with two attached hydrogens (primary N) is 1.